The maximum atomic E-state index is 13.1. The molecule has 40 heavy (non-hydrogen) atoms. The van der Waals surface area contributed by atoms with E-state index in [1.54, 1.807) is 42.2 Å². The molecule has 4 N–H and O–H groups in total. The minimum Gasteiger partial charge on any atom is -0.457 e. The van der Waals surface area contributed by atoms with E-state index >= 15 is 0 Å². The van der Waals surface area contributed by atoms with Gasteiger partial charge >= 0.3 is 6.03 Å². The molecule has 0 fully saturated rings. The first kappa shape index (κ1) is 28.7. The van der Waals surface area contributed by atoms with Crippen LogP contribution in [0.3, 0.4) is 0 Å². The van der Waals surface area contributed by atoms with Gasteiger partial charge in [-0.1, -0.05) is 39.0 Å². The largest absolute Gasteiger partial charge is 0.457 e. The molecule has 0 bridgehead atoms. The molecule has 2 aromatic heterocycles. The second-order valence-electron chi connectivity index (χ2n) is 9.91. The number of aromatic nitrogens is 3. The number of urea groups is 1. The summed E-state index contributed by atoms with van der Waals surface area (Å²) in [5, 5.41) is 16.1. The lowest BCUT2D eigenvalue weighted by molar-refractivity contribution is -0.115. The highest BCUT2D eigenvalue weighted by molar-refractivity contribution is 7.98. The summed E-state index contributed by atoms with van der Waals surface area (Å²) in [6, 6.07) is 19.9. The smallest absolute Gasteiger partial charge is 0.324 e. The van der Waals surface area contributed by atoms with Gasteiger partial charge in [0.05, 0.1) is 23.6 Å². The van der Waals surface area contributed by atoms with Gasteiger partial charge in [0.1, 0.15) is 23.1 Å². The highest BCUT2D eigenvalue weighted by Gasteiger charge is 2.22. The van der Waals surface area contributed by atoms with Gasteiger partial charge in [0, 0.05) is 28.6 Å². The van der Waals surface area contributed by atoms with Crippen molar-refractivity contribution >= 4 is 41.0 Å². The predicted octanol–water partition coefficient (Wildman–Crippen LogP) is 5.88. The number of ether oxygens (including phenoxy) is 1. The molecule has 0 unspecified atom stereocenters. The Balaban J connectivity index is 1.49. The van der Waals surface area contributed by atoms with E-state index in [1.165, 1.54) is 11.8 Å². The third-order valence-electron chi connectivity index (χ3n) is 5.71. The Kier molecular flexibility index (Phi) is 9.08. The molecule has 208 valence electrons. The van der Waals surface area contributed by atoms with Gasteiger partial charge in [0.15, 0.2) is 0 Å². The van der Waals surface area contributed by atoms with Crippen molar-refractivity contribution in [1.29, 1.82) is 0 Å². The minimum atomic E-state index is -0.391. The molecule has 0 aliphatic heterocycles. The molecule has 0 saturated carbocycles. The first-order chi connectivity index (χ1) is 19.2. The van der Waals surface area contributed by atoms with Gasteiger partial charge in [0.2, 0.25) is 5.91 Å². The summed E-state index contributed by atoms with van der Waals surface area (Å²) >= 11 is 1.48. The molecule has 4 aromatic rings. The number of likely N-dealkylation sites (N-methyl/N-ethyl adjacent to an activating group) is 1. The van der Waals surface area contributed by atoms with Crippen LogP contribution in [0.4, 0.5) is 22.1 Å². The minimum absolute atomic E-state index is 0.179. The number of anilines is 3. The Hall–Kier alpha value is -4.35. The first-order valence-corrected chi connectivity index (χ1v) is 13.9. The quantitative estimate of drug-likeness (QED) is 0.189. The average Bonchev–Trinajstić information content (AvgIpc) is 3.34. The summed E-state index contributed by atoms with van der Waals surface area (Å²) in [4.78, 5) is 29.9. The molecule has 2 heterocycles. The van der Waals surface area contributed by atoms with Gasteiger partial charge in [-0.2, -0.15) is 5.10 Å². The van der Waals surface area contributed by atoms with Crippen LogP contribution in [0.2, 0.25) is 0 Å². The van der Waals surface area contributed by atoms with Crippen molar-refractivity contribution in [1.82, 2.24) is 20.1 Å². The highest BCUT2D eigenvalue weighted by atomic mass is 32.2. The fourth-order valence-corrected chi connectivity index (χ4v) is 4.31. The maximum absolute atomic E-state index is 13.1. The second-order valence-corrected chi connectivity index (χ2v) is 10.8. The van der Waals surface area contributed by atoms with Crippen molar-refractivity contribution in [2.24, 2.45) is 0 Å². The number of amides is 3. The lowest BCUT2D eigenvalue weighted by atomic mass is 9.92. The summed E-state index contributed by atoms with van der Waals surface area (Å²) in [5.74, 6) is 1.85. The Bertz CT molecular complexity index is 1480. The van der Waals surface area contributed by atoms with Crippen LogP contribution in [0.25, 0.3) is 5.69 Å². The molecule has 4 rings (SSSR count). The standard InChI is InChI=1S/C29H33N7O3S/c1-29(2,3)24-17-26(36(35-24)19-9-7-6-8-10-19)34-28(38)32-22-12-11-20(15-23(22)40-5)39-21-13-14-31-25(16-21)33-27(37)18-30-4/h6-17,30H,18H2,1-5H3,(H,31,33,37)(H2,32,34,38). The number of hydrogen-bond donors (Lipinski definition) is 4. The van der Waals surface area contributed by atoms with Crippen molar-refractivity contribution in [3.8, 4) is 17.2 Å². The molecular weight excluding hydrogens is 526 g/mol. The molecule has 0 atom stereocenters. The first-order valence-electron chi connectivity index (χ1n) is 12.7. The van der Waals surface area contributed by atoms with Crippen molar-refractivity contribution in [3.63, 3.8) is 0 Å². The van der Waals surface area contributed by atoms with Crippen LogP contribution in [0, 0.1) is 0 Å². The lowest BCUT2D eigenvalue weighted by Crippen LogP contribution is -2.25. The van der Waals surface area contributed by atoms with Crippen LogP contribution in [0.1, 0.15) is 26.5 Å². The lowest BCUT2D eigenvalue weighted by Gasteiger charge is -2.14. The van der Waals surface area contributed by atoms with E-state index in [9.17, 15) is 9.59 Å². The Morgan fingerprint density at radius 1 is 0.950 bits per heavy atom. The number of carbonyl (C=O) groups is 2. The van der Waals surface area contributed by atoms with Gasteiger partial charge in [-0.3, -0.25) is 10.1 Å². The summed E-state index contributed by atoms with van der Waals surface area (Å²) in [7, 11) is 1.70. The molecule has 2 aromatic carbocycles. The second kappa shape index (κ2) is 12.7. The summed E-state index contributed by atoms with van der Waals surface area (Å²) in [5.41, 5.74) is 2.15. The van der Waals surface area contributed by atoms with E-state index in [-0.39, 0.29) is 17.9 Å². The van der Waals surface area contributed by atoms with E-state index < -0.39 is 6.03 Å². The van der Waals surface area contributed by atoms with Gasteiger partial charge in [-0.05, 0) is 49.7 Å². The number of nitrogens with one attached hydrogen (secondary N) is 4. The molecule has 0 aliphatic carbocycles. The zero-order chi connectivity index (χ0) is 28.7. The van der Waals surface area contributed by atoms with Crippen LogP contribution in [-0.4, -0.2) is 46.6 Å². The highest BCUT2D eigenvalue weighted by Crippen LogP contribution is 2.33. The molecule has 0 radical (unpaired) electrons. The van der Waals surface area contributed by atoms with E-state index in [4.69, 9.17) is 9.84 Å². The van der Waals surface area contributed by atoms with E-state index in [2.05, 4.69) is 47.0 Å². The summed E-state index contributed by atoms with van der Waals surface area (Å²) < 4.78 is 7.73. The molecule has 0 saturated heterocycles. The van der Waals surface area contributed by atoms with Crippen molar-refractivity contribution in [2.75, 3.05) is 35.8 Å². The van der Waals surface area contributed by atoms with E-state index in [0.29, 0.717) is 28.8 Å². The van der Waals surface area contributed by atoms with E-state index in [1.807, 2.05) is 48.7 Å². The number of benzene rings is 2. The molecule has 0 aliphatic rings. The van der Waals surface area contributed by atoms with Crippen LogP contribution >= 0.6 is 11.8 Å². The number of thioether (sulfide) groups is 1. The molecular formula is C29H33N7O3S. The number of nitrogens with zero attached hydrogens (tertiary/aromatic N) is 3. The molecule has 11 heteroatoms. The van der Waals surface area contributed by atoms with Gasteiger partial charge < -0.3 is 20.7 Å². The predicted molar refractivity (Wildman–Crippen MR) is 160 cm³/mol. The third kappa shape index (κ3) is 7.39. The molecule has 10 nitrogen and oxygen atoms in total. The normalized spacial score (nSPS) is 11.1. The number of pyridine rings is 1. The summed E-state index contributed by atoms with van der Waals surface area (Å²) in [6.07, 6.45) is 3.48. The SMILES string of the molecule is CNCC(=O)Nc1cc(Oc2ccc(NC(=O)Nc3cc(C(C)(C)C)nn3-c3ccccc3)c(SC)c2)ccn1. The monoisotopic (exact) mass is 559 g/mol. The number of para-hydroxylation sites is 1. The Morgan fingerprint density at radius 3 is 2.40 bits per heavy atom. The van der Waals surface area contributed by atoms with Crippen molar-refractivity contribution < 1.29 is 14.3 Å². The fraction of sp³-hybridized carbons (Fsp3) is 0.241. The molecule has 3 amide bonds. The fourth-order valence-electron chi connectivity index (χ4n) is 3.74. The zero-order valence-corrected chi connectivity index (χ0v) is 23.9. The van der Waals surface area contributed by atoms with Gasteiger partial charge in [-0.15, -0.1) is 11.8 Å². The van der Waals surface area contributed by atoms with Crippen molar-refractivity contribution in [3.05, 3.63) is 78.6 Å². The van der Waals surface area contributed by atoms with Crippen LogP contribution in [0.15, 0.2) is 77.8 Å². The van der Waals surface area contributed by atoms with Crippen LogP contribution < -0.4 is 26.0 Å². The maximum Gasteiger partial charge on any atom is 0.324 e. The molecule has 0 spiro atoms. The van der Waals surface area contributed by atoms with Crippen LogP contribution in [-0.2, 0) is 10.2 Å². The Labute approximate surface area is 237 Å². The van der Waals surface area contributed by atoms with Crippen molar-refractivity contribution in [2.45, 2.75) is 31.1 Å². The van der Waals surface area contributed by atoms with E-state index in [0.717, 1.165) is 16.3 Å². The van der Waals surface area contributed by atoms with Crippen LogP contribution in [0.5, 0.6) is 11.5 Å². The zero-order valence-electron chi connectivity index (χ0n) is 23.1. The number of carbonyl (C=O) groups excluding carboxylic acids is 2. The number of rotatable bonds is 9. The number of hydrogen-bond acceptors (Lipinski definition) is 7. The average molecular weight is 560 g/mol. The third-order valence-corrected chi connectivity index (χ3v) is 6.49. The van der Waals surface area contributed by atoms with Gasteiger partial charge in [0.25, 0.3) is 0 Å². The van der Waals surface area contributed by atoms with Gasteiger partial charge in [-0.25, -0.2) is 14.5 Å². The topological polar surface area (TPSA) is 122 Å². The Morgan fingerprint density at radius 2 is 1.70 bits per heavy atom. The summed E-state index contributed by atoms with van der Waals surface area (Å²) in [6.45, 7) is 6.42.